The third-order valence-electron chi connectivity index (χ3n) is 3.40. The van der Waals surface area contributed by atoms with E-state index < -0.39 is 16.9 Å². The van der Waals surface area contributed by atoms with Crippen molar-refractivity contribution in [2.75, 3.05) is 32.2 Å². The lowest BCUT2D eigenvalue weighted by molar-refractivity contribution is -0.384. The Morgan fingerprint density at radius 2 is 2.07 bits per heavy atom. The lowest BCUT2D eigenvalue weighted by Gasteiger charge is -2.08. The van der Waals surface area contributed by atoms with Crippen molar-refractivity contribution in [3.63, 3.8) is 0 Å². The molecule has 1 aromatic carbocycles. The summed E-state index contributed by atoms with van der Waals surface area (Å²) in [7, 11) is 1.52. The SMILES string of the molecule is CCOC(=O)c1nc(COC(=O)c2ccc(NCCOC)c([N+](=O)[O-])c2)cs1. The van der Waals surface area contributed by atoms with Crippen molar-refractivity contribution in [3.8, 4) is 0 Å². The quantitative estimate of drug-likeness (QED) is 0.272. The molecule has 0 aliphatic rings. The third-order valence-corrected chi connectivity index (χ3v) is 4.28. The van der Waals surface area contributed by atoms with Crippen LogP contribution in [0.1, 0.15) is 32.8 Å². The second kappa shape index (κ2) is 10.3. The van der Waals surface area contributed by atoms with E-state index in [4.69, 9.17) is 14.2 Å². The van der Waals surface area contributed by atoms with Crippen molar-refractivity contribution in [3.05, 3.63) is 50.0 Å². The maximum absolute atomic E-state index is 12.2. The molecule has 10 nitrogen and oxygen atoms in total. The molecule has 0 spiro atoms. The number of nitro groups is 1. The molecule has 1 heterocycles. The van der Waals surface area contributed by atoms with E-state index in [-0.39, 0.29) is 35.2 Å². The Hall–Kier alpha value is -3.05. The summed E-state index contributed by atoms with van der Waals surface area (Å²) in [5, 5.41) is 15.9. The number of nitrogens with zero attached hydrogens (tertiary/aromatic N) is 2. The summed E-state index contributed by atoms with van der Waals surface area (Å²) in [6.07, 6.45) is 0. The summed E-state index contributed by atoms with van der Waals surface area (Å²) in [6, 6.07) is 4.00. The molecule has 28 heavy (non-hydrogen) atoms. The molecule has 0 unspecified atom stereocenters. The smallest absolute Gasteiger partial charge is 0.367 e. The molecule has 1 aromatic heterocycles. The van der Waals surface area contributed by atoms with E-state index in [0.29, 0.717) is 18.8 Å². The zero-order valence-electron chi connectivity index (χ0n) is 15.3. The maximum atomic E-state index is 12.2. The first-order chi connectivity index (χ1) is 13.5. The van der Waals surface area contributed by atoms with Crippen LogP contribution in [-0.4, -0.2) is 48.7 Å². The van der Waals surface area contributed by atoms with Gasteiger partial charge in [-0.05, 0) is 19.1 Å². The minimum Gasteiger partial charge on any atom is -0.461 e. The fourth-order valence-electron chi connectivity index (χ4n) is 2.13. The van der Waals surface area contributed by atoms with Crippen LogP contribution >= 0.6 is 11.3 Å². The molecule has 1 N–H and O–H groups in total. The van der Waals surface area contributed by atoms with E-state index in [1.807, 2.05) is 0 Å². The van der Waals surface area contributed by atoms with Gasteiger partial charge in [0.2, 0.25) is 5.01 Å². The van der Waals surface area contributed by atoms with Crippen molar-refractivity contribution in [2.45, 2.75) is 13.5 Å². The van der Waals surface area contributed by atoms with Crippen LogP contribution in [0.3, 0.4) is 0 Å². The second-order valence-corrected chi connectivity index (χ2v) is 6.21. The van der Waals surface area contributed by atoms with Crippen LogP contribution in [0.25, 0.3) is 0 Å². The van der Waals surface area contributed by atoms with E-state index >= 15 is 0 Å². The monoisotopic (exact) mass is 409 g/mol. The van der Waals surface area contributed by atoms with Crippen LogP contribution in [0.5, 0.6) is 0 Å². The Kier molecular flexibility index (Phi) is 7.84. The minimum atomic E-state index is -0.739. The second-order valence-electron chi connectivity index (χ2n) is 5.35. The van der Waals surface area contributed by atoms with Crippen molar-refractivity contribution in [1.29, 1.82) is 0 Å². The lowest BCUT2D eigenvalue weighted by Crippen LogP contribution is -2.11. The van der Waals surface area contributed by atoms with Crippen LogP contribution in [0.15, 0.2) is 23.6 Å². The summed E-state index contributed by atoms with van der Waals surface area (Å²) < 4.78 is 14.9. The average molecular weight is 409 g/mol. The molecule has 2 rings (SSSR count). The number of aromatic nitrogens is 1. The normalized spacial score (nSPS) is 10.4. The Morgan fingerprint density at radius 1 is 1.29 bits per heavy atom. The van der Waals surface area contributed by atoms with Crippen molar-refractivity contribution in [1.82, 2.24) is 4.98 Å². The number of carbonyl (C=O) groups excluding carboxylic acids is 2. The van der Waals surface area contributed by atoms with Gasteiger partial charge < -0.3 is 19.5 Å². The summed E-state index contributed by atoms with van der Waals surface area (Å²) in [6.45, 7) is 2.51. The number of esters is 2. The summed E-state index contributed by atoms with van der Waals surface area (Å²) in [4.78, 5) is 38.5. The fraction of sp³-hybridized carbons (Fsp3) is 0.353. The molecule has 0 atom stereocenters. The van der Waals surface area contributed by atoms with Gasteiger partial charge in [0.05, 0.1) is 29.4 Å². The summed E-state index contributed by atoms with van der Waals surface area (Å²) in [5.74, 6) is -1.28. The molecule has 0 bridgehead atoms. The molecule has 0 aliphatic heterocycles. The number of nitrogens with one attached hydrogen (secondary N) is 1. The zero-order valence-corrected chi connectivity index (χ0v) is 16.1. The Bertz CT molecular complexity index is 853. The molecule has 0 aliphatic carbocycles. The van der Waals surface area contributed by atoms with Crippen LogP contribution in [-0.2, 0) is 20.8 Å². The van der Waals surface area contributed by atoms with E-state index in [2.05, 4.69) is 10.3 Å². The minimum absolute atomic E-state index is 0.0323. The van der Waals surface area contributed by atoms with Gasteiger partial charge >= 0.3 is 11.9 Å². The van der Waals surface area contributed by atoms with Gasteiger partial charge in [-0.2, -0.15) is 0 Å². The topological polar surface area (TPSA) is 130 Å². The molecule has 0 fully saturated rings. The molecule has 150 valence electrons. The number of nitro benzene ring substituents is 1. The number of thiazole rings is 1. The van der Waals surface area contributed by atoms with Crippen LogP contribution < -0.4 is 5.32 Å². The summed E-state index contributed by atoms with van der Waals surface area (Å²) >= 11 is 1.08. The highest BCUT2D eigenvalue weighted by Crippen LogP contribution is 2.26. The number of methoxy groups -OCH3 is 1. The highest BCUT2D eigenvalue weighted by molar-refractivity contribution is 7.11. The Labute approximate surface area is 164 Å². The Balaban J connectivity index is 2.02. The van der Waals surface area contributed by atoms with Gasteiger partial charge in [-0.25, -0.2) is 14.6 Å². The number of ether oxygens (including phenoxy) is 3. The number of hydrogen-bond donors (Lipinski definition) is 1. The van der Waals surface area contributed by atoms with Crippen molar-refractivity contribution in [2.24, 2.45) is 0 Å². The maximum Gasteiger partial charge on any atom is 0.367 e. The van der Waals surface area contributed by atoms with Gasteiger partial charge in [-0.3, -0.25) is 10.1 Å². The number of anilines is 1. The van der Waals surface area contributed by atoms with Crippen LogP contribution in [0.4, 0.5) is 11.4 Å². The highest BCUT2D eigenvalue weighted by Gasteiger charge is 2.19. The van der Waals surface area contributed by atoms with E-state index in [1.54, 1.807) is 12.3 Å². The van der Waals surface area contributed by atoms with Crippen LogP contribution in [0, 0.1) is 10.1 Å². The third kappa shape index (κ3) is 5.72. The van der Waals surface area contributed by atoms with Gasteiger partial charge in [0.1, 0.15) is 12.3 Å². The number of hydrogen-bond acceptors (Lipinski definition) is 10. The van der Waals surface area contributed by atoms with Crippen LogP contribution in [0.2, 0.25) is 0 Å². The van der Waals surface area contributed by atoms with Crippen molar-refractivity contribution >= 4 is 34.7 Å². The molecule has 2 aromatic rings. The van der Waals surface area contributed by atoms with Gasteiger partial charge in [0.25, 0.3) is 5.69 Å². The standard InChI is InChI=1S/C17H19N3O7S/c1-3-26-17(22)15-19-12(10-28-15)9-27-16(21)11-4-5-13(18-6-7-25-2)14(8-11)20(23)24/h4-5,8,10,18H,3,6-7,9H2,1-2H3. The molecular formula is C17H19N3O7S. The van der Waals surface area contributed by atoms with Gasteiger partial charge in [-0.15, -0.1) is 11.3 Å². The first-order valence-electron chi connectivity index (χ1n) is 8.26. The molecule has 0 radical (unpaired) electrons. The lowest BCUT2D eigenvalue weighted by atomic mass is 10.1. The average Bonchev–Trinajstić information content (AvgIpc) is 3.15. The van der Waals surface area contributed by atoms with E-state index in [9.17, 15) is 19.7 Å². The largest absolute Gasteiger partial charge is 0.461 e. The van der Waals surface area contributed by atoms with Gasteiger partial charge in [-0.1, -0.05) is 0 Å². The first kappa shape index (κ1) is 21.3. The summed E-state index contributed by atoms with van der Waals surface area (Å²) in [5.41, 5.74) is 0.444. The highest BCUT2D eigenvalue weighted by atomic mass is 32.1. The van der Waals surface area contributed by atoms with Gasteiger partial charge in [0.15, 0.2) is 0 Å². The van der Waals surface area contributed by atoms with Crippen molar-refractivity contribution < 1.29 is 28.7 Å². The number of carbonyl (C=O) groups is 2. The number of benzene rings is 1. The van der Waals surface area contributed by atoms with E-state index in [1.165, 1.54) is 19.2 Å². The zero-order chi connectivity index (χ0) is 20.5. The fourth-order valence-corrected chi connectivity index (χ4v) is 2.82. The predicted molar refractivity (Wildman–Crippen MR) is 101 cm³/mol. The molecule has 0 saturated heterocycles. The van der Waals surface area contributed by atoms with E-state index in [0.717, 1.165) is 17.4 Å². The predicted octanol–water partition coefficient (Wildman–Crippen LogP) is 2.64. The Morgan fingerprint density at radius 3 is 2.75 bits per heavy atom. The molecule has 11 heteroatoms. The molecule has 0 saturated carbocycles. The molecule has 0 amide bonds. The van der Waals surface area contributed by atoms with Gasteiger partial charge in [0, 0.05) is 25.1 Å². The first-order valence-corrected chi connectivity index (χ1v) is 9.14. The molecular weight excluding hydrogens is 390 g/mol. The number of rotatable bonds is 10.